The molecule has 1 amide bonds. The van der Waals surface area contributed by atoms with Crippen molar-refractivity contribution in [1.29, 1.82) is 0 Å². The number of oxazole rings is 1. The van der Waals surface area contributed by atoms with Crippen LogP contribution in [0, 0.1) is 5.92 Å². The van der Waals surface area contributed by atoms with Gasteiger partial charge in [0.25, 0.3) is 0 Å². The summed E-state index contributed by atoms with van der Waals surface area (Å²) in [6.07, 6.45) is 8.88. The monoisotopic (exact) mass is 236 g/mol. The van der Waals surface area contributed by atoms with Crippen molar-refractivity contribution in [3.8, 4) is 0 Å². The van der Waals surface area contributed by atoms with Gasteiger partial charge in [-0.25, -0.2) is 4.98 Å². The third-order valence-electron chi connectivity index (χ3n) is 3.46. The highest BCUT2D eigenvalue weighted by Gasteiger charge is 2.19. The molecule has 0 saturated heterocycles. The Morgan fingerprint density at radius 1 is 1.47 bits per heavy atom. The molecule has 1 aliphatic rings. The first kappa shape index (κ1) is 12.1. The predicted octanol–water partition coefficient (Wildman–Crippen LogP) is 2.30. The Morgan fingerprint density at radius 3 is 2.88 bits per heavy atom. The van der Waals surface area contributed by atoms with Crippen LogP contribution in [-0.4, -0.2) is 16.9 Å². The lowest BCUT2D eigenvalue weighted by atomic mass is 9.87. The first-order chi connectivity index (χ1) is 8.24. The van der Waals surface area contributed by atoms with Crippen molar-refractivity contribution in [3.63, 3.8) is 0 Å². The van der Waals surface area contributed by atoms with Crippen LogP contribution in [0.25, 0.3) is 0 Å². The second-order valence-electron chi connectivity index (χ2n) is 4.99. The zero-order valence-corrected chi connectivity index (χ0v) is 10.3. The molecule has 1 fully saturated rings. The maximum absolute atomic E-state index is 11.7. The predicted molar refractivity (Wildman–Crippen MR) is 64.4 cm³/mol. The van der Waals surface area contributed by atoms with Gasteiger partial charge in [-0.3, -0.25) is 4.79 Å². The van der Waals surface area contributed by atoms with Crippen LogP contribution in [0.5, 0.6) is 0 Å². The van der Waals surface area contributed by atoms with Crippen LogP contribution in [-0.2, 0) is 11.2 Å². The summed E-state index contributed by atoms with van der Waals surface area (Å²) < 4.78 is 5.10. The van der Waals surface area contributed by atoms with Crippen LogP contribution in [0.3, 0.4) is 0 Å². The summed E-state index contributed by atoms with van der Waals surface area (Å²) in [6, 6.07) is 0.383. The molecular weight excluding hydrogens is 216 g/mol. The molecule has 1 heterocycles. The molecule has 1 aromatic heterocycles. The van der Waals surface area contributed by atoms with E-state index in [-0.39, 0.29) is 5.91 Å². The number of carbonyl (C=O) groups excluding carboxylic acids is 1. The average Bonchev–Trinajstić information content (AvgIpc) is 2.83. The Labute approximate surface area is 102 Å². The SMILES string of the molecule is CC1CCC(NC(=O)CCc2cnco2)CC1. The van der Waals surface area contributed by atoms with Crippen LogP contribution in [0.4, 0.5) is 0 Å². The van der Waals surface area contributed by atoms with Crippen molar-refractivity contribution in [2.24, 2.45) is 5.92 Å². The lowest BCUT2D eigenvalue weighted by Gasteiger charge is -2.26. The Hall–Kier alpha value is -1.32. The highest BCUT2D eigenvalue weighted by molar-refractivity contribution is 5.76. The van der Waals surface area contributed by atoms with Gasteiger partial charge >= 0.3 is 0 Å². The molecule has 17 heavy (non-hydrogen) atoms. The third-order valence-corrected chi connectivity index (χ3v) is 3.46. The van der Waals surface area contributed by atoms with E-state index in [2.05, 4.69) is 17.2 Å². The minimum Gasteiger partial charge on any atom is -0.449 e. The minimum absolute atomic E-state index is 0.126. The van der Waals surface area contributed by atoms with E-state index < -0.39 is 0 Å². The molecule has 0 spiro atoms. The summed E-state index contributed by atoms with van der Waals surface area (Å²) in [4.78, 5) is 15.5. The number of rotatable bonds is 4. The second kappa shape index (κ2) is 5.84. The number of nitrogens with one attached hydrogen (secondary N) is 1. The quantitative estimate of drug-likeness (QED) is 0.872. The van der Waals surface area contributed by atoms with Gasteiger partial charge in [0, 0.05) is 18.9 Å². The van der Waals surface area contributed by atoms with Crippen LogP contribution in [0.2, 0.25) is 0 Å². The molecule has 1 aromatic rings. The minimum atomic E-state index is 0.126. The van der Waals surface area contributed by atoms with E-state index in [9.17, 15) is 4.79 Å². The molecule has 0 unspecified atom stereocenters. The Morgan fingerprint density at radius 2 is 2.24 bits per heavy atom. The van der Waals surface area contributed by atoms with E-state index >= 15 is 0 Å². The molecule has 4 nitrogen and oxygen atoms in total. The van der Waals surface area contributed by atoms with E-state index in [0.717, 1.165) is 24.5 Å². The fourth-order valence-electron chi connectivity index (χ4n) is 2.31. The molecule has 0 radical (unpaired) electrons. The van der Waals surface area contributed by atoms with E-state index in [1.807, 2.05) is 0 Å². The first-order valence-electron chi connectivity index (χ1n) is 6.41. The zero-order chi connectivity index (χ0) is 12.1. The molecule has 1 N–H and O–H groups in total. The number of amides is 1. The lowest BCUT2D eigenvalue weighted by molar-refractivity contribution is -0.122. The molecule has 0 atom stereocenters. The topological polar surface area (TPSA) is 55.1 Å². The lowest BCUT2D eigenvalue weighted by Crippen LogP contribution is -2.37. The molecule has 1 aliphatic carbocycles. The van der Waals surface area contributed by atoms with Gasteiger partial charge in [0.1, 0.15) is 5.76 Å². The van der Waals surface area contributed by atoms with Crippen LogP contribution in [0.1, 0.15) is 44.8 Å². The van der Waals surface area contributed by atoms with Gasteiger partial charge in [-0.1, -0.05) is 6.92 Å². The van der Waals surface area contributed by atoms with E-state index in [4.69, 9.17) is 4.42 Å². The number of aryl methyl sites for hydroxylation is 1. The normalized spacial score (nSPS) is 24.5. The Balaban J connectivity index is 1.67. The van der Waals surface area contributed by atoms with Gasteiger partial charge < -0.3 is 9.73 Å². The second-order valence-corrected chi connectivity index (χ2v) is 4.99. The highest BCUT2D eigenvalue weighted by Crippen LogP contribution is 2.23. The molecule has 2 rings (SSSR count). The highest BCUT2D eigenvalue weighted by atomic mass is 16.3. The van der Waals surface area contributed by atoms with Crippen molar-refractivity contribution in [2.75, 3.05) is 0 Å². The van der Waals surface area contributed by atoms with Gasteiger partial charge in [-0.05, 0) is 31.6 Å². The van der Waals surface area contributed by atoms with Gasteiger partial charge in [0.05, 0.1) is 6.20 Å². The third kappa shape index (κ3) is 3.88. The van der Waals surface area contributed by atoms with Crippen molar-refractivity contribution < 1.29 is 9.21 Å². The van der Waals surface area contributed by atoms with Crippen molar-refractivity contribution in [2.45, 2.75) is 51.5 Å². The number of nitrogens with zero attached hydrogens (tertiary/aromatic N) is 1. The van der Waals surface area contributed by atoms with E-state index in [1.165, 1.54) is 19.2 Å². The van der Waals surface area contributed by atoms with Crippen LogP contribution >= 0.6 is 0 Å². The van der Waals surface area contributed by atoms with Crippen molar-refractivity contribution in [3.05, 3.63) is 18.4 Å². The van der Waals surface area contributed by atoms with Crippen LogP contribution in [0.15, 0.2) is 17.0 Å². The van der Waals surface area contributed by atoms with Crippen LogP contribution < -0.4 is 5.32 Å². The van der Waals surface area contributed by atoms with E-state index in [1.54, 1.807) is 6.20 Å². The summed E-state index contributed by atoms with van der Waals surface area (Å²) in [5.74, 6) is 1.72. The summed E-state index contributed by atoms with van der Waals surface area (Å²) in [7, 11) is 0. The smallest absolute Gasteiger partial charge is 0.220 e. The fraction of sp³-hybridized carbons (Fsp3) is 0.692. The van der Waals surface area contributed by atoms with E-state index in [0.29, 0.717) is 18.9 Å². The maximum atomic E-state index is 11.7. The number of aromatic nitrogens is 1. The summed E-state index contributed by atoms with van der Waals surface area (Å²) in [5, 5.41) is 3.10. The summed E-state index contributed by atoms with van der Waals surface area (Å²) in [5.41, 5.74) is 0. The standard InChI is InChI=1S/C13H20N2O2/c1-10-2-4-11(5-3-10)15-13(16)7-6-12-8-14-9-17-12/h8-11H,2-7H2,1H3,(H,15,16). The largest absolute Gasteiger partial charge is 0.449 e. The molecule has 0 aliphatic heterocycles. The number of carbonyl (C=O) groups is 1. The molecule has 94 valence electrons. The fourth-order valence-corrected chi connectivity index (χ4v) is 2.31. The molecule has 0 bridgehead atoms. The first-order valence-corrected chi connectivity index (χ1v) is 6.41. The maximum Gasteiger partial charge on any atom is 0.220 e. The zero-order valence-electron chi connectivity index (χ0n) is 10.3. The molecule has 0 aromatic carbocycles. The molecule has 1 saturated carbocycles. The van der Waals surface area contributed by atoms with Gasteiger partial charge in [-0.2, -0.15) is 0 Å². The number of hydrogen-bond donors (Lipinski definition) is 1. The Kier molecular flexibility index (Phi) is 4.18. The Bertz CT molecular complexity index is 340. The van der Waals surface area contributed by atoms with Gasteiger partial charge in [0.15, 0.2) is 6.39 Å². The molecular formula is C13H20N2O2. The van der Waals surface area contributed by atoms with Gasteiger partial charge in [-0.15, -0.1) is 0 Å². The number of hydrogen-bond acceptors (Lipinski definition) is 3. The van der Waals surface area contributed by atoms with Crippen molar-refractivity contribution in [1.82, 2.24) is 10.3 Å². The van der Waals surface area contributed by atoms with Gasteiger partial charge in [0.2, 0.25) is 5.91 Å². The van der Waals surface area contributed by atoms with Crippen molar-refractivity contribution >= 4 is 5.91 Å². The average molecular weight is 236 g/mol. The summed E-state index contributed by atoms with van der Waals surface area (Å²) in [6.45, 7) is 2.28. The summed E-state index contributed by atoms with van der Waals surface area (Å²) >= 11 is 0. The molecule has 4 heteroatoms.